The number of aryl methyl sites for hydroxylation is 1. The molecule has 0 saturated carbocycles. The van der Waals surface area contributed by atoms with Crippen LogP contribution in [0.3, 0.4) is 0 Å². The van der Waals surface area contributed by atoms with E-state index in [0.29, 0.717) is 5.95 Å². The molecule has 0 radical (unpaired) electrons. The van der Waals surface area contributed by atoms with Crippen LogP contribution in [0.2, 0.25) is 0 Å². The third-order valence-corrected chi connectivity index (χ3v) is 4.22. The van der Waals surface area contributed by atoms with Crippen LogP contribution in [-0.4, -0.2) is 22.0 Å². The Morgan fingerprint density at radius 2 is 2.14 bits per heavy atom. The molecule has 1 atom stereocenters. The molecule has 3 rings (SSSR count). The van der Waals surface area contributed by atoms with Crippen molar-refractivity contribution in [3.05, 3.63) is 41.0 Å². The van der Waals surface area contributed by atoms with Gasteiger partial charge in [-0.15, -0.1) is 11.3 Å². The van der Waals surface area contributed by atoms with Gasteiger partial charge in [0, 0.05) is 24.3 Å². The molecule has 108 valence electrons. The molecule has 2 N–H and O–H groups in total. The van der Waals surface area contributed by atoms with Crippen molar-refractivity contribution in [1.82, 2.24) is 15.0 Å². The summed E-state index contributed by atoms with van der Waals surface area (Å²) in [5.74, 6) is 1.48. The number of nitrogens with zero attached hydrogens (tertiary/aromatic N) is 3. The van der Waals surface area contributed by atoms with Crippen LogP contribution in [0.15, 0.2) is 30.6 Å². The molecule has 0 spiro atoms. The van der Waals surface area contributed by atoms with E-state index in [4.69, 9.17) is 0 Å². The molecule has 0 aliphatic carbocycles. The molecule has 0 bridgehead atoms. The third-order valence-electron chi connectivity index (χ3n) is 3.28. The number of rotatable bonds is 4. The Morgan fingerprint density at radius 1 is 1.29 bits per heavy atom. The normalized spacial score (nSPS) is 12.3. The minimum absolute atomic E-state index is 0.127. The summed E-state index contributed by atoms with van der Waals surface area (Å²) in [6.07, 6.45) is 3.65. The topological polar surface area (TPSA) is 62.7 Å². The Balaban J connectivity index is 1.99. The van der Waals surface area contributed by atoms with E-state index in [1.54, 1.807) is 17.5 Å². The molecule has 0 aliphatic heterocycles. The summed E-state index contributed by atoms with van der Waals surface area (Å²) in [6, 6.07) is 6.25. The Morgan fingerprint density at radius 3 is 2.86 bits per heavy atom. The Hall–Kier alpha value is -2.21. The fourth-order valence-corrected chi connectivity index (χ4v) is 3.06. The van der Waals surface area contributed by atoms with E-state index in [-0.39, 0.29) is 6.04 Å². The Bertz CT molecular complexity index is 753. The molecule has 1 unspecified atom stereocenters. The number of hydrogen-bond acceptors (Lipinski definition) is 6. The minimum Gasteiger partial charge on any atom is -0.363 e. The van der Waals surface area contributed by atoms with Gasteiger partial charge in [0.2, 0.25) is 5.95 Å². The summed E-state index contributed by atoms with van der Waals surface area (Å²) in [7, 11) is 1.83. The highest BCUT2D eigenvalue weighted by atomic mass is 32.1. The zero-order chi connectivity index (χ0) is 14.8. The maximum absolute atomic E-state index is 4.55. The smallest absolute Gasteiger partial charge is 0.225 e. The molecule has 0 amide bonds. The van der Waals surface area contributed by atoms with Crippen molar-refractivity contribution in [3.63, 3.8) is 0 Å². The van der Waals surface area contributed by atoms with Crippen LogP contribution in [0.1, 0.15) is 23.4 Å². The molecule has 0 aliphatic rings. The molecule has 0 fully saturated rings. The van der Waals surface area contributed by atoms with Crippen LogP contribution >= 0.6 is 11.3 Å². The lowest BCUT2D eigenvalue weighted by Crippen LogP contribution is -2.09. The SMILES string of the molecule is CNc1nc(NC(C)c2cccnc2)c2cc(C)sc2n1. The van der Waals surface area contributed by atoms with Crippen molar-refractivity contribution in [1.29, 1.82) is 0 Å². The zero-order valence-corrected chi connectivity index (χ0v) is 13.0. The molecule has 0 aromatic carbocycles. The van der Waals surface area contributed by atoms with Gasteiger partial charge in [-0.2, -0.15) is 4.98 Å². The predicted octanol–water partition coefficient (Wildman–Crippen LogP) is 3.61. The number of nitrogens with one attached hydrogen (secondary N) is 2. The zero-order valence-electron chi connectivity index (χ0n) is 12.2. The quantitative estimate of drug-likeness (QED) is 0.770. The second-order valence-electron chi connectivity index (χ2n) is 4.87. The van der Waals surface area contributed by atoms with E-state index in [9.17, 15) is 0 Å². The molecule has 0 saturated heterocycles. The first-order valence-corrected chi connectivity index (χ1v) is 7.61. The lowest BCUT2D eigenvalue weighted by atomic mass is 10.1. The monoisotopic (exact) mass is 299 g/mol. The average Bonchev–Trinajstić information content (AvgIpc) is 2.88. The summed E-state index contributed by atoms with van der Waals surface area (Å²) >= 11 is 1.68. The second kappa shape index (κ2) is 5.65. The fourth-order valence-electron chi connectivity index (χ4n) is 2.18. The fraction of sp³-hybridized carbons (Fsp3) is 0.267. The van der Waals surface area contributed by atoms with Crippen LogP contribution < -0.4 is 10.6 Å². The molecule has 3 heterocycles. The van der Waals surface area contributed by atoms with E-state index >= 15 is 0 Å². The van der Waals surface area contributed by atoms with E-state index in [2.05, 4.69) is 51.6 Å². The molecular weight excluding hydrogens is 282 g/mol. The maximum Gasteiger partial charge on any atom is 0.225 e. The third kappa shape index (κ3) is 2.80. The number of aromatic nitrogens is 3. The number of anilines is 2. The van der Waals surface area contributed by atoms with Crippen LogP contribution in [-0.2, 0) is 0 Å². The first-order valence-electron chi connectivity index (χ1n) is 6.80. The van der Waals surface area contributed by atoms with Gasteiger partial charge in [-0.05, 0) is 31.5 Å². The first kappa shape index (κ1) is 13.8. The summed E-state index contributed by atoms with van der Waals surface area (Å²) in [5, 5.41) is 7.54. The number of pyridine rings is 1. The maximum atomic E-state index is 4.55. The van der Waals surface area contributed by atoms with Crippen molar-refractivity contribution in [2.45, 2.75) is 19.9 Å². The van der Waals surface area contributed by atoms with Gasteiger partial charge >= 0.3 is 0 Å². The molecule has 21 heavy (non-hydrogen) atoms. The van der Waals surface area contributed by atoms with Gasteiger partial charge in [0.05, 0.1) is 11.4 Å². The van der Waals surface area contributed by atoms with E-state index in [1.807, 2.05) is 19.3 Å². The summed E-state index contributed by atoms with van der Waals surface area (Å²) in [5.41, 5.74) is 1.13. The lowest BCUT2D eigenvalue weighted by Gasteiger charge is -2.15. The number of hydrogen-bond donors (Lipinski definition) is 2. The van der Waals surface area contributed by atoms with Crippen molar-refractivity contribution in [2.75, 3.05) is 17.7 Å². The lowest BCUT2D eigenvalue weighted by molar-refractivity contribution is 0.868. The standard InChI is InChI=1S/C15H17N5S/c1-9-7-12-13(19-15(16-3)20-14(12)21-9)18-10(2)11-5-4-6-17-8-11/h4-8,10H,1-3H3,(H2,16,18,19,20). The number of fused-ring (bicyclic) bond motifs is 1. The van der Waals surface area contributed by atoms with Gasteiger partial charge in [0.15, 0.2) is 0 Å². The van der Waals surface area contributed by atoms with Gasteiger partial charge in [-0.1, -0.05) is 6.07 Å². The van der Waals surface area contributed by atoms with Crippen LogP contribution in [0.25, 0.3) is 10.2 Å². The first-order chi connectivity index (χ1) is 10.2. The molecule has 6 heteroatoms. The Kier molecular flexibility index (Phi) is 3.70. The van der Waals surface area contributed by atoms with Crippen molar-refractivity contribution in [3.8, 4) is 0 Å². The summed E-state index contributed by atoms with van der Waals surface area (Å²) < 4.78 is 0. The highest BCUT2D eigenvalue weighted by Crippen LogP contribution is 2.31. The van der Waals surface area contributed by atoms with Gasteiger partial charge in [-0.25, -0.2) is 4.98 Å². The molecule has 3 aromatic heterocycles. The van der Waals surface area contributed by atoms with Crippen LogP contribution in [0, 0.1) is 6.92 Å². The summed E-state index contributed by atoms with van der Waals surface area (Å²) in [6.45, 7) is 4.18. The van der Waals surface area contributed by atoms with E-state index < -0.39 is 0 Å². The summed E-state index contributed by atoms with van der Waals surface area (Å²) in [4.78, 5) is 15.4. The van der Waals surface area contributed by atoms with E-state index in [1.165, 1.54) is 4.88 Å². The van der Waals surface area contributed by atoms with Gasteiger partial charge in [-0.3, -0.25) is 4.98 Å². The van der Waals surface area contributed by atoms with Gasteiger partial charge in [0.1, 0.15) is 10.6 Å². The minimum atomic E-state index is 0.127. The molecule has 5 nitrogen and oxygen atoms in total. The van der Waals surface area contributed by atoms with E-state index in [0.717, 1.165) is 21.6 Å². The van der Waals surface area contributed by atoms with Gasteiger partial charge < -0.3 is 10.6 Å². The van der Waals surface area contributed by atoms with Crippen molar-refractivity contribution in [2.24, 2.45) is 0 Å². The predicted molar refractivity (Wildman–Crippen MR) is 88.0 cm³/mol. The van der Waals surface area contributed by atoms with Crippen molar-refractivity contribution < 1.29 is 0 Å². The molecule has 3 aromatic rings. The number of thiophene rings is 1. The van der Waals surface area contributed by atoms with Gasteiger partial charge in [0.25, 0.3) is 0 Å². The largest absolute Gasteiger partial charge is 0.363 e. The van der Waals surface area contributed by atoms with Crippen LogP contribution in [0.4, 0.5) is 11.8 Å². The Labute approximate surface area is 127 Å². The average molecular weight is 299 g/mol. The molecular formula is C15H17N5S. The van der Waals surface area contributed by atoms with Crippen LogP contribution in [0.5, 0.6) is 0 Å². The second-order valence-corrected chi connectivity index (χ2v) is 6.11. The highest BCUT2D eigenvalue weighted by Gasteiger charge is 2.13. The van der Waals surface area contributed by atoms with Crippen molar-refractivity contribution >= 4 is 33.3 Å². The highest BCUT2D eigenvalue weighted by molar-refractivity contribution is 7.18.